The molecule has 0 unspecified atom stereocenters. The summed E-state index contributed by atoms with van der Waals surface area (Å²) in [6, 6.07) is 3.55. The lowest BCUT2D eigenvalue weighted by Crippen LogP contribution is -2.39. The molecule has 1 atom stereocenters. The zero-order valence-corrected chi connectivity index (χ0v) is 12.2. The predicted octanol–water partition coefficient (Wildman–Crippen LogP) is 1.38. The number of H-pyrrole nitrogens is 1. The predicted molar refractivity (Wildman–Crippen MR) is 74.0 cm³/mol. The van der Waals surface area contributed by atoms with Crippen LogP contribution >= 0.6 is 15.9 Å². The summed E-state index contributed by atoms with van der Waals surface area (Å²) in [5.74, 6) is 0.763. The number of rotatable bonds is 2. The fourth-order valence-corrected chi connectivity index (χ4v) is 2.61. The molecule has 0 spiro atoms. The Bertz CT molecular complexity index is 585. The van der Waals surface area contributed by atoms with Crippen molar-refractivity contribution in [1.82, 2.24) is 30.5 Å². The average molecular weight is 337 g/mol. The number of pyridine rings is 1. The van der Waals surface area contributed by atoms with Gasteiger partial charge in [-0.1, -0.05) is 5.21 Å². The molecule has 1 aliphatic heterocycles. The largest absolute Gasteiger partial charge is 0.337 e. The van der Waals surface area contributed by atoms with E-state index in [1.54, 1.807) is 17.2 Å². The first-order valence-electron chi connectivity index (χ1n) is 6.38. The quantitative estimate of drug-likeness (QED) is 0.894. The second-order valence-electron chi connectivity index (χ2n) is 4.72. The van der Waals surface area contributed by atoms with E-state index in [1.807, 2.05) is 6.07 Å². The SMILES string of the molecule is O=C(c1ccc(Br)cn1)N1CCC[C@H](c2nn[nH]n2)C1. The van der Waals surface area contributed by atoms with E-state index in [2.05, 4.69) is 41.5 Å². The van der Waals surface area contributed by atoms with Gasteiger partial charge in [0.2, 0.25) is 0 Å². The highest BCUT2D eigenvalue weighted by atomic mass is 79.9. The molecule has 20 heavy (non-hydrogen) atoms. The number of halogens is 1. The summed E-state index contributed by atoms with van der Waals surface area (Å²) in [7, 11) is 0. The number of tetrazole rings is 1. The van der Waals surface area contributed by atoms with E-state index in [9.17, 15) is 4.79 Å². The number of carbonyl (C=O) groups excluding carboxylic acids is 1. The van der Waals surface area contributed by atoms with Crippen LogP contribution in [0.4, 0.5) is 0 Å². The number of aromatic amines is 1. The lowest BCUT2D eigenvalue weighted by Gasteiger charge is -2.31. The van der Waals surface area contributed by atoms with Gasteiger partial charge in [0.05, 0.1) is 0 Å². The van der Waals surface area contributed by atoms with Gasteiger partial charge in [0.15, 0.2) is 5.82 Å². The van der Waals surface area contributed by atoms with E-state index in [4.69, 9.17) is 0 Å². The van der Waals surface area contributed by atoms with Gasteiger partial charge in [-0.3, -0.25) is 4.79 Å². The second kappa shape index (κ2) is 5.66. The molecule has 1 saturated heterocycles. The molecule has 0 aromatic carbocycles. The minimum atomic E-state index is -0.0503. The molecule has 0 saturated carbocycles. The normalized spacial score (nSPS) is 19.1. The monoisotopic (exact) mass is 336 g/mol. The lowest BCUT2D eigenvalue weighted by molar-refractivity contribution is 0.0698. The molecule has 1 N–H and O–H groups in total. The Labute approximate surface area is 123 Å². The summed E-state index contributed by atoms with van der Waals surface area (Å²) < 4.78 is 0.859. The second-order valence-corrected chi connectivity index (χ2v) is 5.64. The highest BCUT2D eigenvalue weighted by Crippen LogP contribution is 2.24. The maximum absolute atomic E-state index is 12.4. The summed E-state index contributed by atoms with van der Waals surface area (Å²) >= 11 is 3.31. The van der Waals surface area contributed by atoms with Crippen molar-refractivity contribution in [2.24, 2.45) is 0 Å². The molecule has 3 rings (SSSR count). The fourth-order valence-electron chi connectivity index (χ4n) is 2.38. The van der Waals surface area contributed by atoms with Gasteiger partial charge >= 0.3 is 0 Å². The molecule has 1 aliphatic rings. The van der Waals surface area contributed by atoms with Crippen LogP contribution < -0.4 is 0 Å². The van der Waals surface area contributed by atoms with Gasteiger partial charge in [-0.15, -0.1) is 10.2 Å². The van der Waals surface area contributed by atoms with E-state index in [0.717, 1.165) is 23.9 Å². The van der Waals surface area contributed by atoms with Gasteiger partial charge in [0, 0.05) is 29.7 Å². The lowest BCUT2D eigenvalue weighted by atomic mass is 9.97. The van der Waals surface area contributed by atoms with Crippen molar-refractivity contribution < 1.29 is 4.79 Å². The molecule has 8 heteroatoms. The number of hydrogen-bond donors (Lipinski definition) is 1. The van der Waals surface area contributed by atoms with Crippen LogP contribution in [0.3, 0.4) is 0 Å². The molecule has 0 aliphatic carbocycles. The van der Waals surface area contributed by atoms with Crippen molar-refractivity contribution in [3.8, 4) is 0 Å². The zero-order valence-electron chi connectivity index (χ0n) is 10.7. The molecular formula is C12H13BrN6O. The smallest absolute Gasteiger partial charge is 0.272 e. The van der Waals surface area contributed by atoms with Crippen molar-refractivity contribution in [2.45, 2.75) is 18.8 Å². The van der Waals surface area contributed by atoms with Gasteiger partial charge in [0.1, 0.15) is 5.69 Å². The Kier molecular flexibility index (Phi) is 3.72. The Morgan fingerprint density at radius 3 is 3.05 bits per heavy atom. The minimum absolute atomic E-state index is 0.0503. The first kappa shape index (κ1) is 13.2. The van der Waals surface area contributed by atoms with Gasteiger partial charge in [-0.25, -0.2) is 4.98 Å². The molecule has 7 nitrogen and oxygen atoms in total. The Morgan fingerprint density at radius 1 is 1.45 bits per heavy atom. The molecule has 1 amide bonds. The topological polar surface area (TPSA) is 87.7 Å². The number of nitrogens with one attached hydrogen (secondary N) is 1. The molecule has 1 fully saturated rings. The average Bonchev–Trinajstić information content (AvgIpc) is 3.02. The third kappa shape index (κ3) is 2.69. The van der Waals surface area contributed by atoms with E-state index < -0.39 is 0 Å². The molecule has 2 aromatic rings. The van der Waals surface area contributed by atoms with Gasteiger partial charge in [-0.05, 0) is 40.9 Å². The van der Waals surface area contributed by atoms with Crippen LogP contribution in [-0.2, 0) is 0 Å². The molecular weight excluding hydrogens is 324 g/mol. The van der Waals surface area contributed by atoms with E-state index >= 15 is 0 Å². The van der Waals surface area contributed by atoms with Crippen molar-refractivity contribution in [2.75, 3.05) is 13.1 Å². The summed E-state index contributed by atoms with van der Waals surface area (Å²) in [6.07, 6.45) is 3.53. The van der Waals surface area contributed by atoms with Crippen LogP contribution in [-0.4, -0.2) is 49.5 Å². The van der Waals surface area contributed by atoms with Crippen LogP contribution in [0, 0.1) is 0 Å². The highest BCUT2D eigenvalue weighted by molar-refractivity contribution is 9.10. The van der Waals surface area contributed by atoms with Crippen molar-refractivity contribution >= 4 is 21.8 Å². The third-order valence-electron chi connectivity index (χ3n) is 3.38. The standard InChI is InChI=1S/C12H13BrN6O/c13-9-3-4-10(14-6-9)12(20)19-5-1-2-8(7-19)11-15-17-18-16-11/h3-4,6,8H,1-2,5,7H2,(H,15,16,17,18)/t8-/m0/s1. The van der Waals surface area contributed by atoms with Crippen LogP contribution in [0.2, 0.25) is 0 Å². The number of hydrogen-bond acceptors (Lipinski definition) is 5. The Hall–Kier alpha value is -1.83. The number of likely N-dealkylation sites (tertiary alicyclic amines) is 1. The first-order valence-corrected chi connectivity index (χ1v) is 7.17. The molecule has 3 heterocycles. The maximum Gasteiger partial charge on any atom is 0.272 e. The molecule has 2 aromatic heterocycles. The number of carbonyl (C=O) groups is 1. The summed E-state index contributed by atoms with van der Waals surface area (Å²) in [5.41, 5.74) is 0.460. The van der Waals surface area contributed by atoms with Gasteiger partial charge in [-0.2, -0.15) is 5.21 Å². The molecule has 104 valence electrons. The van der Waals surface area contributed by atoms with Crippen molar-refractivity contribution in [1.29, 1.82) is 0 Å². The molecule has 0 radical (unpaired) electrons. The minimum Gasteiger partial charge on any atom is -0.337 e. The first-order chi connectivity index (χ1) is 9.74. The highest BCUT2D eigenvalue weighted by Gasteiger charge is 2.28. The fraction of sp³-hybridized carbons (Fsp3) is 0.417. The summed E-state index contributed by atoms with van der Waals surface area (Å²) in [6.45, 7) is 1.35. The van der Waals surface area contributed by atoms with Gasteiger partial charge < -0.3 is 4.90 Å². The number of nitrogens with zero attached hydrogens (tertiary/aromatic N) is 5. The van der Waals surface area contributed by atoms with Crippen molar-refractivity contribution in [3.63, 3.8) is 0 Å². The van der Waals surface area contributed by atoms with Crippen LogP contribution in [0.15, 0.2) is 22.8 Å². The van der Waals surface area contributed by atoms with Crippen LogP contribution in [0.5, 0.6) is 0 Å². The summed E-state index contributed by atoms with van der Waals surface area (Å²) in [4.78, 5) is 18.4. The zero-order chi connectivity index (χ0) is 13.9. The Balaban J connectivity index is 1.73. The van der Waals surface area contributed by atoms with E-state index in [1.165, 1.54) is 0 Å². The summed E-state index contributed by atoms with van der Waals surface area (Å²) in [5, 5.41) is 14.1. The van der Waals surface area contributed by atoms with Crippen LogP contribution in [0.25, 0.3) is 0 Å². The van der Waals surface area contributed by atoms with E-state index in [-0.39, 0.29) is 11.8 Å². The van der Waals surface area contributed by atoms with E-state index in [0.29, 0.717) is 18.1 Å². The number of aromatic nitrogens is 5. The number of amides is 1. The Morgan fingerprint density at radius 2 is 2.35 bits per heavy atom. The maximum atomic E-state index is 12.4. The van der Waals surface area contributed by atoms with Crippen molar-refractivity contribution in [3.05, 3.63) is 34.3 Å². The number of piperidine rings is 1. The van der Waals surface area contributed by atoms with Crippen LogP contribution in [0.1, 0.15) is 35.1 Å². The van der Waals surface area contributed by atoms with Gasteiger partial charge in [0.25, 0.3) is 5.91 Å². The third-order valence-corrected chi connectivity index (χ3v) is 3.85. The molecule has 0 bridgehead atoms.